The van der Waals surface area contributed by atoms with Gasteiger partial charge in [-0.3, -0.25) is 14.4 Å². The molecular weight excluding hydrogens is 418 g/mol. The van der Waals surface area contributed by atoms with Crippen LogP contribution in [0.3, 0.4) is 0 Å². The third kappa shape index (κ3) is 9.02. The minimum atomic E-state index is -1.22. The molecule has 1 rings (SSSR count). The van der Waals surface area contributed by atoms with Crippen LogP contribution in [-0.2, 0) is 25.6 Å². The fourth-order valence-electron chi connectivity index (χ4n) is 3.05. The topological polar surface area (TPSA) is 205 Å². The molecule has 12 nitrogen and oxygen atoms in total. The lowest BCUT2D eigenvalue weighted by Gasteiger charge is -2.27. The van der Waals surface area contributed by atoms with Gasteiger partial charge in [-0.2, -0.15) is 0 Å². The van der Waals surface area contributed by atoms with E-state index in [1.165, 1.54) is 12.5 Å². The lowest BCUT2D eigenvalue weighted by molar-refractivity contribution is -0.142. The van der Waals surface area contributed by atoms with Crippen LogP contribution in [-0.4, -0.2) is 70.0 Å². The van der Waals surface area contributed by atoms with Crippen LogP contribution in [0.25, 0.3) is 0 Å². The number of imidazole rings is 1. The number of hydrogen-bond donors (Lipinski definition) is 7. The van der Waals surface area contributed by atoms with Crippen LogP contribution < -0.4 is 27.4 Å². The number of nitrogens with zero attached hydrogens (tertiary/aromatic N) is 1. The molecule has 0 aliphatic rings. The van der Waals surface area contributed by atoms with Crippen LogP contribution in [0.15, 0.2) is 12.5 Å². The number of hydrogen-bond acceptors (Lipinski definition) is 7. The maximum atomic E-state index is 12.9. The molecule has 1 aromatic rings. The zero-order chi connectivity index (χ0) is 24.1. The van der Waals surface area contributed by atoms with Gasteiger partial charge in [-0.1, -0.05) is 20.3 Å². The minimum Gasteiger partial charge on any atom is -0.480 e. The molecule has 0 saturated carbocycles. The van der Waals surface area contributed by atoms with Crippen molar-refractivity contribution >= 4 is 23.7 Å². The SMILES string of the molecule is CCC(C)C(NC(=O)CN)C(=O)NC(CCCCN)C(=O)NC(Cc1cnc[nH]1)C(=O)O. The highest BCUT2D eigenvalue weighted by atomic mass is 16.4. The highest BCUT2D eigenvalue weighted by Gasteiger charge is 2.31. The molecule has 32 heavy (non-hydrogen) atoms. The van der Waals surface area contributed by atoms with Crippen LogP contribution in [0.5, 0.6) is 0 Å². The number of aromatic amines is 1. The molecule has 12 heteroatoms. The summed E-state index contributed by atoms with van der Waals surface area (Å²) in [7, 11) is 0. The number of nitrogens with two attached hydrogens (primary N) is 2. The molecule has 1 heterocycles. The average Bonchev–Trinajstić information content (AvgIpc) is 3.28. The number of H-pyrrole nitrogens is 1. The maximum absolute atomic E-state index is 12.9. The van der Waals surface area contributed by atoms with Crippen LogP contribution in [0, 0.1) is 5.92 Å². The predicted octanol–water partition coefficient (Wildman–Crippen LogP) is -1.37. The molecular formula is C20H35N7O5. The summed E-state index contributed by atoms with van der Waals surface area (Å²) in [6, 6.07) is -3.07. The molecule has 0 radical (unpaired) electrons. The Kier molecular flexibility index (Phi) is 12.0. The van der Waals surface area contributed by atoms with E-state index in [4.69, 9.17) is 11.5 Å². The van der Waals surface area contributed by atoms with E-state index in [1.54, 1.807) is 6.92 Å². The van der Waals surface area contributed by atoms with Gasteiger partial charge in [0.15, 0.2) is 0 Å². The lowest BCUT2D eigenvalue weighted by Crippen LogP contribution is -2.57. The van der Waals surface area contributed by atoms with Gasteiger partial charge < -0.3 is 37.5 Å². The second kappa shape index (κ2) is 14.1. The van der Waals surface area contributed by atoms with E-state index < -0.39 is 41.8 Å². The van der Waals surface area contributed by atoms with Crippen molar-refractivity contribution in [2.75, 3.05) is 13.1 Å². The molecule has 4 atom stereocenters. The number of rotatable bonds is 15. The van der Waals surface area contributed by atoms with E-state index in [1.807, 2.05) is 6.92 Å². The molecule has 3 amide bonds. The molecule has 0 bridgehead atoms. The molecule has 9 N–H and O–H groups in total. The van der Waals surface area contributed by atoms with Gasteiger partial charge >= 0.3 is 5.97 Å². The Morgan fingerprint density at radius 2 is 1.78 bits per heavy atom. The highest BCUT2D eigenvalue weighted by molar-refractivity contribution is 5.93. The first kappa shape index (κ1) is 27.0. The molecule has 180 valence electrons. The Morgan fingerprint density at radius 1 is 1.09 bits per heavy atom. The third-order valence-electron chi connectivity index (χ3n) is 5.17. The Balaban J connectivity index is 2.95. The van der Waals surface area contributed by atoms with E-state index in [0.29, 0.717) is 31.5 Å². The van der Waals surface area contributed by atoms with Crippen molar-refractivity contribution in [3.63, 3.8) is 0 Å². The number of carboxylic acids is 1. The average molecular weight is 454 g/mol. The number of aromatic nitrogens is 2. The largest absolute Gasteiger partial charge is 0.480 e. The van der Waals surface area contributed by atoms with Crippen molar-refractivity contribution in [3.05, 3.63) is 18.2 Å². The molecule has 0 spiro atoms. The van der Waals surface area contributed by atoms with Gasteiger partial charge in [0.25, 0.3) is 0 Å². The van der Waals surface area contributed by atoms with E-state index in [0.717, 1.165) is 0 Å². The van der Waals surface area contributed by atoms with Gasteiger partial charge in [0, 0.05) is 18.3 Å². The second-order valence-electron chi connectivity index (χ2n) is 7.66. The molecule has 0 aromatic carbocycles. The normalized spacial score (nSPS) is 14.6. The standard InChI is InChI=1S/C20H35N7O5/c1-3-12(2)17(27-16(28)9-22)19(30)25-14(6-4-5-7-21)18(29)26-15(20(31)32)8-13-10-23-11-24-13/h10-12,14-15,17H,3-9,21-22H2,1-2H3,(H,23,24)(H,25,30)(H,26,29)(H,27,28)(H,31,32). The Bertz CT molecular complexity index is 741. The monoisotopic (exact) mass is 453 g/mol. The van der Waals surface area contributed by atoms with E-state index in [2.05, 4.69) is 25.9 Å². The Morgan fingerprint density at radius 3 is 2.31 bits per heavy atom. The quantitative estimate of drug-likeness (QED) is 0.157. The summed E-state index contributed by atoms with van der Waals surface area (Å²) in [5.41, 5.74) is 11.4. The summed E-state index contributed by atoms with van der Waals surface area (Å²) in [5, 5.41) is 17.2. The van der Waals surface area contributed by atoms with E-state index in [-0.39, 0.29) is 25.3 Å². The first-order chi connectivity index (χ1) is 15.2. The highest BCUT2D eigenvalue weighted by Crippen LogP contribution is 2.10. The van der Waals surface area contributed by atoms with Crippen LogP contribution in [0.4, 0.5) is 0 Å². The molecule has 1 aromatic heterocycles. The fraction of sp³-hybridized carbons (Fsp3) is 0.650. The number of carbonyl (C=O) groups is 4. The number of nitrogens with one attached hydrogen (secondary N) is 4. The number of carbonyl (C=O) groups excluding carboxylic acids is 3. The summed E-state index contributed by atoms with van der Waals surface area (Å²) < 4.78 is 0. The van der Waals surface area contributed by atoms with Crippen molar-refractivity contribution < 1.29 is 24.3 Å². The Hall–Kier alpha value is -2.99. The van der Waals surface area contributed by atoms with Gasteiger partial charge in [0.2, 0.25) is 17.7 Å². The summed E-state index contributed by atoms with van der Waals surface area (Å²) in [6.07, 6.45) is 4.95. The van der Waals surface area contributed by atoms with Crippen molar-refractivity contribution in [1.29, 1.82) is 0 Å². The van der Waals surface area contributed by atoms with Crippen LogP contribution in [0.1, 0.15) is 45.2 Å². The van der Waals surface area contributed by atoms with Gasteiger partial charge in [-0.15, -0.1) is 0 Å². The number of amides is 3. The molecule has 0 aliphatic heterocycles. The van der Waals surface area contributed by atoms with E-state index >= 15 is 0 Å². The lowest BCUT2D eigenvalue weighted by atomic mass is 9.97. The smallest absolute Gasteiger partial charge is 0.326 e. The fourth-order valence-corrected chi connectivity index (χ4v) is 3.05. The molecule has 0 aliphatic carbocycles. The predicted molar refractivity (Wildman–Crippen MR) is 117 cm³/mol. The van der Waals surface area contributed by atoms with Gasteiger partial charge in [0.05, 0.1) is 12.9 Å². The van der Waals surface area contributed by atoms with E-state index in [9.17, 15) is 24.3 Å². The van der Waals surface area contributed by atoms with Crippen LogP contribution >= 0.6 is 0 Å². The first-order valence-corrected chi connectivity index (χ1v) is 10.7. The molecule has 0 saturated heterocycles. The van der Waals surface area contributed by atoms with Gasteiger partial charge in [-0.25, -0.2) is 9.78 Å². The third-order valence-corrected chi connectivity index (χ3v) is 5.17. The Labute approximate surface area is 187 Å². The van der Waals surface area contributed by atoms with Crippen molar-refractivity contribution in [3.8, 4) is 0 Å². The molecule has 0 fully saturated rings. The first-order valence-electron chi connectivity index (χ1n) is 10.7. The second-order valence-corrected chi connectivity index (χ2v) is 7.66. The van der Waals surface area contributed by atoms with Crippen LogP contribution in [0.2, 0.25) is 0 Å². The van der Waals surface area contributed by atoms with Crippen molar-refractivity contribution in [1.82, 2.24) is 25.9 Å². The summed E-state index contributed by atoms with van der Waals surface area (Å²) in [5.74, 6) is -3.07. The zero-order valence-electron chi connectivity index (χ0n) is 18.6. The van der Waals surface area contributed by atoms with Crippen molar-refractivity contribution in [2.45, 2.75) is 64.1 Å². The summed E-state index contributed by atoms with van der Waals surface area (Å²) in [6.45, 7) is 3.82. The summed E-state index contributed by atoms with van der Waals surface area (Å²) in [4.78, 5) is 55.9. The maximum Gasteiger partial charge on any atom is 0.326 e. The number of aliphatic carboxylic acids is 1. The van der Waals surface area contributed by atoms with Gasteiger partial charge in [-0.05, 0) is 31.7 Å². The van der Waals surface area contributed by atoms with Gasteiger partial charge in [0.1, 0.15) is 18.1 Å². The number of unbranched alkanes of at least 4 members (excludes halogenated alkanes) is 1. The number of carboxylic acid groups (broad SMARTS) is 1. The zero-order valence-corrected chi connectivity index (χ0v) is 18.6. The molecule has 4 unspecified atom stereocenters. The van der Waals surface area contributed by atoms with Crippen molar-refractivity contribution in [2.24, 2.45) is 17.4 Å². The minimum absolute atomic E-state index is 0.00654. The summed E-state index contributed by atoms with van der Waals surface area (Å²) >= 11 is 0.